The largest absolute Gasteiger partial charge is 0.388 e. The van der Waals surface area contributed by atoms with E-state index in [0.717, 1.165) is 0 Å². The van der Waals surface area contributed by atoms with Gasteiger partial charge in [0.2, 0.25) is 6.36 Å². The second-order valence-corrected chi connectivity index (χ2v) is 2.87. The minimum Gasteiger partial charge on any atom is -0.388 e. The molecule has 0 amide bonds. The highest BCUT2D eigenvalue weighted by Crippen LogP contribution is 2.24. The van der Waals surface area contributed by atoms with Gasteiger partial charge in [-0.1, -0.05) is 0 Å². The van der Waals surface area contributed by atoms with E-state index in [2.05, 4.69) is 4.74 Å². The monoisotopic (exact) mass is 180 g/mol. The van der Waals surface area contributed by atoms with Gasteiger partial charge in [-0.15, -0.1) is 0 Å². The summed E-state index contributed by atoms with van der Waals surface area (Å²) < 4.78 is 22.1. The lowest BCUT2D eigenvalue weighted by Gasteiger charge is -2.17. The highest BCUT2D eigenvalue weighted by molar-refractivity contribution is 4.89. The van der Waals surface area contributed by atoms with E-state index in [0.29, 0.717) is 0 Å². The van der Waals surface area contributed by atoms with E-state index in [9.17, 15) is 14.6 Å². The lowest BCUT2D eigenvalue weighted by atomic mass is 10.1. The number of hydrogen-bond donors (Lipinski definition) is 2. The third-order valence-electron chi connectivity index (χ3n) is 2.02. The number of ether oxygens (including phenoxy) is 2. The molecular formula is C7H13FO4. The summed E-state index contributed by atoms with van der Waals surface area (Å²) in [6.45, 7) is 1.57. The van der Waals surface area contributed by atoms with E-state index in [1.54, 1.807) is 6.92 Å². The summed E-state index contributed by atoms with van der Waals surface area (Å²) in [4.78, 5) is 0. The number of rotatable bonds is 2. The van der Waals surface area contributed by atoms with Crippen LogP contribution in [0.5, 0.6) is 0 Å². The van der Waals surface area contributed by atoms with Crippen molar-refractivity contribution in [1.29, 1.82) is 0 Å². The molecule has 0 aromatic heterocycles. The molecule has 0 saturated carbocycles. The highest BCUT2D eigenvalue weighted by Gasteiger charge is 2.44. The fourth-order valence-electron chi connectivity index (χ4n) is 1.23. The van der Waals surface area contributed by atoms with Gasteiger partial charge in [-0.3, -0.25) is 0 Å². The Balaban J connectivity index is 2.58. The van der Waals surface area contributed by atoms with Crippen LogP contribution < -0.4 is 0 Å². The predicted molar refractivity (Wildman–Crippen MR) is 38.3 cm³/mol. The molecular weight excluding hydrogens is 167 g/mol. The number of hydrogen-bond acceptors (Lipinski definition) is 4. The molecule has 1 unspecified atom stereocenters. The minimum atomic E-state index is -1.69. The molecule has 0 radical (unpaired) electrons. The summed E-state index contributed by atoms with van der Waals surface area (Å²) >= 11 is 0. The Kier molecular flexibility index (Phi) is 3.00. The molecule has 0 spiro atoms. The lowest BCUT2D eigenvalue weighted by molar-refractivity contribution is -0.134. The normalized spacial score (nSPS) is 44.8. The van der Waals surface area contributed by atoms with Crippen LogP contribution in [0.3, 0.4) is 0 Å². The van der Waals surface area contributed by atoms with Gasteiger partial charge in [0.1, 0.15) is 18.3 Å². The highest BCUT2D eigenvalue weighted by atomic mass is 19.1. The Morgan fingerprint density at radius 3 is 2.33 bits per heavy atom. The van der Waals surface area contributed by atoms with E-state index >= 15 is 0 Å². The van der Waals surface area contributed by atoms with Crippen molar-refractivity contribution in [1.82, 2.24) is 0 Å². The van der Waals surface area contributed by atoms with Crippen LogP contribution in [0.25, 0.3) is 0 Å². The van der Waals surface area contributed by atoms with Crippen molar-refractivity contribution < 1.29 is 24.1 Å². The summed E-state index contributed by atoms with van der Waals surface area (Å²) in [5.41, 5.74) is 0. The van der Waals surface area contributed by atoms with Crippen molar-refractivity contribution in [3.05, 3.63) is 0 Å². The number of halogens is 1. The zero-order valence-electron chi connectivity index (χ0n) is 6.98. The van der Waals surface area contributed by atoms with Gasteiger partial charge in [0.05, 0.1) is 6.10 Å². The van der Waals surface area contributed by atoms with E-state index in [-0.39, 0.29) is 0 Å². The summed E-state index contributed by atoms with van der Waals surface area (Å²) in [5.74, 6) is 0. The van der Waals surface area contributed by atoms with Gasteiger partial charge in [-0.2, -0.15) is 0 Å². The molecule has 0 aromatic carbocycles. The van der Waals surface area contributed by atoms with Crippen LogP contribution >= 0.6 is 0 Å². The van der Waals surface area contributed by atoms with Gasteiger partial charge >= 0.3 is 0 Å². The Morgan fingerprint density at radius 1 is 1.42 bits per heavy atom. The van der Waals surface area contributed by atoms with Gasteiger partial charge in [0.15, 0.2) is 0 Å². The van der Waals surface area contributed by atoms with Crippen LogP contribution in [0.1, 0.15) is 6.92 Å². The van der Waals surface area contributed by atoms with E-state index < -0.39 is 30.8 Å². The van der Waals surface area contributed by atoms with Gasteiger partial charge < -0.3 is 19.7 Å². The molecule has 72 valence electrons. The molecule has 12 heavy (non-hydrogen) atoms. The van der Waals surface area contributed by atoms with Gasteiger partial charge in [-0.25, -0.2) is 4.39 Å². The molecule has 2 N–H and O–H groups in total. The van der Waals surface area contributed by atoms with E-state index in [4.69, 9.17) is 4.74 Å². The summed E-state index contributed by atoms with van der Waals surface area (Å²) in [6.07, 6.45) is -5.59. The second-order valence-electron chi connectivity index (χ2n) is 2.87. The van der Waals surface area contributed by atoms with Crippen molar-refractivity contribution in [2.45, 2.75) is 37.7 Å². The van der Waals surface area contributed by atoms with Crippen LogP contribution in [0.15, 0.2) is 0 Å². The molecule has 1 aliphatic heterocycles. The molecule has 1 fully saturated rings. The van der Waals surface area contributed by atoms with Crippen molar-refractivity contribution >= 4 is 0 Å². The first-order chi connectivity index (χ1) is 5.57. The fraction of sp³-hybridized carbons (Fsp3) is 1.00. The lowest BCUT2D eigenvalue weighted by Crippen LogP contribution is -2.37. The van der Waals surface area contributed by atoms with Crippen LogP contribution in [0.4, 0.5) is 4.39 Å². The zero-order chi connectivity index (χ0) is 9.30. The summed E-state index contributed by atoms with van der Waals surface area (Å²) in [5, 5.41) is 18.4. The van der Waals surface area contributed by atoms with Crippen molar-refractivity contribution in [3.63, 3.8) is 0 Å². The van der Waals surface area contributed by atoms with Crippen LogP contribution in [-0.4, -0.2) is 48.1 Å². The minimum absolute atomic E-state index is 0.557. The maximum Gasteiger partial charge on any atom is 0.227 e. The quantitative estimate of drug-likeness (QED) is 0.598. The SMILES string of the molecule is CO[C@@H](F)[C@H]1O[C@@H](C)C(O)[C@H]1O. The fourth-order valence-corrected chi connectivity index (χ4v) is 1.23. The maximum atomic E-state index is 12.8. The topological polar surface area (TPSA) is 58.9 Å². The molecule has 0 bridgehead atoms. The van der Waals surface area contributed by atoms with Gasteiger partial charge in [0.25, 0.3) is 0 Å². The van der Waals surface area contributed by atoms with E-state index in [1.807, 2.05) is 0 Å². The number of aliphatic hydroxyl groups is 2. The maximum absolute atomic E-state index is 12.8. The third-order valence-corrected chi connectivity index (χ3v) is 2.02. The molecule has 0 aromatic rings. The van der Waals surface area contributed by atoms with Crippen molar-refractivity contribution in [3.8, 4) is 0 Å². The number of aliphatic hydroxyl groups excluding tert-OH is 2. The molecule has 5 heteroatoms. The zero-order valence-corrected chi connectivity index (χ0v) is 6.98. The summed E-state index contributed by atoms with van der Waals surface area (Å²) in [7, 11) is 1.18. The average molecular weight is 180 g/mol. The second kappa shape index (κ2) is 3.66. The molecule has 5 atom stereocenters. The molecule has 4 nitrogen and oxygen atoms in total. The Labute approximate surface area is 69.9 Å². The van der Waals surface area contributed by atoms with E-state index in [1.165, 1.54) is 7.11 Å². The Bertz CT molecular complexity index is 154. The molecule has 0 aliphatic carbocycles. The smallest absolute Gasteiger partial charge is 0.227 e. The summed E-state index contributed by atoms with van der Waals surface area (Å²) in [6, 6.07) is 0. The molecule has 1 saturated heterocycles. The third kappa shape index (κ3) is 1.59. The molecule has 1 heterocycles. The van der Waals surface area contributed by atoms with Crippen molar-refractivity contribution in [2.75, 3.05) is 7.11 Å². The van der Waals surface area contributed by atoms with Crippen LogP contribution in [-0.2, 0) is 9.47 Å². The Morgan fingerprint density at radius 2 is 2.00 bits per heavy atom. The first-order valence-corrected chi connectivity index (χ1v) is 3.76. The first-order valence-electron chi connectivity index (χ1n) is 3.76. The van der Waals surface area contributed by atoms with Gasteiger partial charge in [0, 0.05) is 7.11 Å². The number of methoxy groups -OCH3 is 1. The standard InChI is InChI=1S/C7H13FO4/c1-3-4(9)5(10)6(12-3)7(8)11-2/h3-7,9-10H,1-2H3/t3-,4?,5+,6-,7+/m0/s1. The average Bonchev–Trinajstić information content (AvgIpc) is 2.32. The van der Waals surface area contributed by atoms with Crippen molar-refractivity contribution in [2.24, 2.45) is 0 Å². The molecule has 1 aliphatic rings. The first kappa shape index (κ1) is 9.85. The Hall–Kier alpha value is -0.230. The molecule has 1 rings (SSSR count). The van der Waals surface area contributed by atoms with Crippen LogP contribution in [0.2, 0.25) is 0 Å². The predicted octanol–water partition coefficient (Wildman–Crippen LogP) is -0.563. The van der Waals surface area contributed by atoms with Crippen LogP contribution in [0, 0.1) is 0 Å². The van der Waals surface area contributed by atoms with Gasteiger partial charge in [-0.05, 0) is 6.92 Å². The number of alkyl halides is 1.